The average Bonchev–Trinajstić information content (AvgIpc) is 2.51. The maximum absolute atomic E-state index is 5.77. The number of fused-ring (bicyclic) bond motifs is 2. The van der Waals surface area contributed by atoms with Gasteiger partial charge in [0.05, 0.1) is 0 Å². The van der Waals surface area contributed by atoms with Crippen LogP contribution in [-0.4, -0.2) is 0 Å². The molecule has 72 valence electrons. The molecule has 0 saturated heterocycles. The van der Waals surface area contributed by atoms with Gasteiger partial charge in [-0.25, -0.2) is 0 Å². The first-order valence-electron chi connectivity index (χ1n) is 5.35. The number of hydrogen-bond donors (Lipinski definition) is 0. The number of terminal acetylenes is 1. The van der Waals surface area contributed by atoms with E-state index in [1.54, 1.807) is 0 Å². The molecule has 0 spiro atoms. The highest BCUT2D eigenvalue weighted by atomic mass is 14.7. The highest BCUT2D eigenvalue weighted by molar-refractivity contribution is 5.25. The number of hydrogen-bond acceptors (Lipinski definition) is 0. The minimum Gasteiger partial charge on any atom is -0.119 e. The molecule has 2 bridgehead atoms. The van der Waals surface area contributed by atoms with Gasteiger partial charge < -0.3 is 0 Å². The quantitative estimate of drug-likeness (QED) is 0.496. The molecule has 3 atom stereocenters. The van der Waals surface area contributed by atoms with Crippen LogP contribution >= 0.6 is 0 Å². The van der Waals surface area contributed by atoms with Crippen molar-refractivity contribution in [3.05, 3.63) is 0 Å². The van der Waals surface area contributed by atoms with Gasteiger partial charge in [-0.15, -0.1) is 6.42 Å². The van der Waals surface area contributed by atoms with Gasteiger partial charge in [-0.1, -0.05) is 26.7 Å². The molecule has 0 amide bonds. The summed E-state index contributed by atoms with van der Waals surface area (Å²) < 4.78 is 0. The summed E-state index contributed by atoms with van der Waals surface area (Å²) in [5.74, 6) is 3.96. The molecule has 2 aliphatic carbocycles. The Balaban J connectivity index is 2.53. The molecule has 2 saturated carbocycles. The average molecular weight is 176 g/mol. The van der Waals surface area contributed by atoms with Gasteiger partial charge in [0.25, 0.3) is 0 Å². The Morgan fingerprint density at radius 2 is 1.85 bits per heavy atom. The molecule has 2 fully saturated rings. The molecular weight excluding hydrogens is 156 g/mol. The molecule has 0 aromatic heterocycles. The van der Waals surface area contributed by atoms with E-state index in [1.807, 2.05) is 0 Å². The van der Waals surface area contributed by atoms with Gasteiger partial charge in [0.15, 0.2) is 0 Å². The van der Waals surface area contributed by atoms with E-state index >= 15 is 0 Å². The first-order valence-corrected chi connectivity index (χ1v) is 5.35. The van der Waals surface area contributed by atoms with Crippen molar-refractivity contribution in [3.8, 4) is 12.3 Å². The van der Waals surface area contributed by atoms with Crippen LogP contribution in [0.5, 0.6) is 0 Å². The van der Waals surface area contributed by atoms with Crippen LogP contribution in [-0.2, 0) is 0 Å². The SMILES string of the molecule is C#C[C@@]1(C)C(C)(C)[C@H]2CC[C@]1(C)C2. The van der Waals surface area contributed by atoms with Crippen molar-refractivity contribution in [1.82, 2.24) is 0 Å². The van der Waals surface area contributed by atoms with Crippen LogP contribution in [0, 0.1) is 34.5 Å². The standard InChI is InChI=1S/C13H20/c1-6-13(5)11(2,3)10-7-8-12(13,4)9-10/h1,10H,7-9H2,2-5H3/t10-,12+,13-/m0/s1. The van der Waals surface area contributed by atoms with Gasteiger partial charge in [0.2, 0.25) is 0 Å². The molecule has 0 unspecified atom stereocenters. The lowest BCUT2D eigenvalue weighted by Gasteiger charge is -2.49. The van der Waals surface area contributed by atoms with E-state index in [0.29, 0.717) is 10.8 Å². The van der Waals surface area contributed by atoms with E-state index in [0.717, 1.165) is 5.92 Å². The van der Waals surface area contributed by atoms with E-state index in [4.69, 9.17) is 6.42 Å². The van der Waals surface area contributed by atoms with Crippen molar-refractivity contribution in [2.45, 2.75) is 47.0 Å². The zero-order chi connectivity index (χ0) is 9.91. The second-order valence-electron chi connectivity index (χ2n) is 5.99. The summed E-state index contributed by atoms with van der Waals surface area (Å²) in [5, 5.41) is 0. The first kappa shape index (κ1) is 9.13. The van der Waals surface area contributed by atoms with Crippen LogP contribution in [0.4, 0.5) is 0 Å². The van der Waals surface area contributed by atoms with Crippen LogP contribution in [0.3, 0.4) is 0 Å². The molecule has 13 heavy (non-hydrogen) atoms. The van der Waals surface area contributed by atoms with Crippen molar-refractivity contribution in [1.29, 1.82) is 0 Å². The van der Waals surface area contributed by atoms with E-state index in [2.05, 4.69) is 33.6 Å². The van der Waals surface area contributed by atoms with Gasteiger partial charge in [0, 0.05) is 5.41 Å². The minimum atomic E-state index is 0.114. The van der Waals surface area contributed by atoms with Gasteiger partial charge in [0.1, 0.15) is 0 Å². The van der Waals surface area contributed by atoms with E-state index < -0.39 is 0 Å². The topological polar surface area (TPSA) is 0 Å². The highest BCUT2D eigenvalue weighted by Crippen LogP contribution is 2.72. The van der Waals surface area contributed by atoms with Crippen molar-refractivity contribution >= 4 is 0 Å². The highest BCUT2D eigenvalue weighted by Gasteiger charge is 2.65. The van der Waals surface area contributed by atoms with E-state index in [-0.39, 0.29) is 5.41 Å². The maximum atomic E-state index is 5.77. The van der Waals surface area contributed by atoms with Crippen molar-refractivity contribution in [3.63, 3.8) is 0 Å². The van der Waals surface area contributed by atoms with Crippen molar-refractivity contribution < 1.29 is 0 Å². The smallest absolute Gasteiger partial charge is 0.0391 e. The summed E-state index contributed by atoms with van der Waals surface area (Å²) in [6.45, 7) is 9.41. The second-order valence-corrected chi connectivity index (χ2v) is 5.99. The maximum Gasteiger partial charge on any atom is 0.0391 e. The molecule has 0 aromatic rings. The zero-order valence-electron chi connectivity index (χ0n) is 9.28. The summed E-state index contributed by atoms with van der Waals surface area (Å²) in [6, 6.07) is 0. The fraction of sp³-hybridized carbons (Fsp3) is 0.846. The van der Waals surface area contributed by atoms with Gasteiger partial charge in [-0.3, -0.25) is 0 Å². The third kappa shape index (κ3) is 0.749. The molecule has 2 aliphatic rings. The lowest BCUT2D eigenvalue weighted by Crippen LogP contribution is -2.44. The van der Waals surface area contributed by atoms with E-state index in [1.165, 1.54) is 19.3 Å². The predicted molar refractivity (Wildman–Crippen MR) is 56.2 cm³/mol. The molecule has 0 aliphatic heterocycles. The predicted octanol–water partition coefficient (Wildman–Crippen LogP) is 3.47. The Hall–Kier alpha value is -0.440. The monoisotopic (exact) mass is 176 g/mol. The van der Waals surface area contributed by atoms with Crippen LogP contribution in [0.15, 0.2) is 0 Å². The lowest BCUT2D eigenvalue weighted by atomic mass is 9.54. The Morgan fingerprint density at radius 3 is 2.15 bits per heavy atom. The van der Waals surface area contributed by atoms with Crippen LogP contribution < -0.4 is 0 Å². The summed E-state index contributed by atoms with van der Waals surface area (Å²) >= 11 is 0. The second kappa shape index (κ2) is 2.14. The molecule has 0 radical (unpaired) electrons. The van der Waals surface area contributed by atoms with Crippen molar-refractivity contribution in [2.75, 3.05) is 0 Å². The Kier molecular flexibility index (Phi) is 1.50. The third-order valence-electron chi connectivity index (χ3n) is 5.55. The molecule has 0 heterocycles. The van der Waals surface area contributed by atoms with Crippen molar-refractivity contribution in [2.24, 2.45) is 22.2 Å². The van der Waals surface area contributed by atoms with Gasteiger partial charge in [-0.2, -0.15) is 0 Å². The normalized spacial score (nSPS) is 52.1. The summed E-state index contributed by atoms with van der Waals surface area (Å²) in [5.41, 5.74) is 0.869. The Morgan fingerprint density at radius 1 is 1.23 bits per heavy atom. The fourth-order valence-corrected chi connectivity index (χ4v) is 3.86. The molecule has 0 heteroatoms. The summed E-state index contributed by atoms with van der Waals surface area (Å²) in [4.78, 5) is 0. The lowest BCUT2D eigenvalue weighted by molar-refractivity contribution is 0.0260. The fourth-order valence-electron chi connectivity index (χ4n) is 3.86. The molecule has 0 nitrogen and oxygen atoms in total. The van der Waals surface area contributed by atoms with Crippen LogP contribution in [0.2, 0.25) is 0 Å². The van der Waals surface area contributed by atoms with E-state index in [9.17, 15) is 0 Å². The number of rotatable bonds is 0. The van der Waals surface area contributed by atoms with Gasteiger partial charge >= 0.3 is 0 Å². The molecular formula is C13H20. The molecule has 0 aromatic carbocycles. The van der Waals surface area contributed by atoms with Crippen LogP contribution in [0.25, 0.3) is 0 Å². The zero-order valence-corrected chi connectivity index (χ0v) is 9.28. The Labute approximate surface area is 82.1 Å². The van der Waals surface area contributed by atoms with Gasteiger partial charge in [-0.05, 0) is 42.9 Å². The minimum absolute atomic E-state index is 0.114. The molecule has 0 N–H and O–H groups in total. The largest absolute Gasteiger partial charge is 0.119 e. The molecule has 2 rings (SSSR count). The Bertz CT molecular complexity index is 274. The summed E-state index contributed by atoms with van der Waals surface area (Å²) in [7, 11) is 0. The third-order valence-corrected chi connectivity index (χ3v) is 5.55. The first-order chi connectivity index (χ1) is 5.87. The summed E-state index contributed by atoms with van der Waals surface area (Å²) in [6.07, 6.45) is 9.84. The van der Waals surface area contributed by atoms with Crippen LogP contribution in [0.1, 0.15) is 47.0 Å².